The van der Waals surface area contributed by atoms with E-state index in [9.17, 15) is 0 Å². The van der Waals surface area contributed by atoms with Gasteiger partial charge in [-0.15, -0.1) is 11.3 Å². The molecule has 0 radical (unpaired) electrons. The summed E-state index contributed by atoms with van der Waals surface area (Å²) in [6, 6.07) is 26.8. The molecular formula is C27H20N4OS. The number of nitrogens with zero attached hydrogens (tertiary/aromatic N) is 4. The summed E-state index contributed by atoms with van der Waals surface area (Å²) in [6.07, 6.45) is 5.98. The summed E-state index contributed by atoms with van der Waals surface area (Å²) < 4.78 is 9.57. The molecular weight excluding hydrogens is 428 g/mol. The molecule has 6 rings (SSSR count). The number of methoxy groups -OCH3 is 1. The molecule has 0 N–H and O–H groups in total. The van der Waals surface area contributed by atoms with E-state index in [0.717, 1.165) is 50.1 Å². The first-order valence-electron chi connectivity index (χ1n) is 10.6. The van der Waals surface area contributed by atoms with E-state index in [0.29, 0.717) is 0 Å². The summed E-state index contributed by atoms with van der Waals surface area (Å²) in [5.41, 5.74) is 5.05. The average Bonchev–Trinajstić information content (AvgIpc) is 3.64. The maximum absolute atomic E-state index is 5.33. The Labute approximate surface area is 195 Å². The summed E-state index contributed by atoms with van der Waals surface area (Å²) in [4.78, 5) is 10.7. The van der Waals surface area contributed by atoms with Gasteiger partial charge in [0, 0.05) is 40.9 Å². The topological polar surface area (TPSA) is 44.9 Å². The van der Waals surface area contributed by atoms with Crippen LogP contribution < -0.4 is 4.74 Å². The summed E-state index contributed by atoms with van der Waals surface area (Å²) in [6.45, 7) is 0. The number of hydrogen-bond acceptors (Lipinski definition) is 4. The summed E-state index contributed by atoms with van der Waals surface area (Å²) >= 11 is 1.69. The van der Waals surface area contributed by atoms with Gasteiger partial charge in [0.15, 0.2) is 0 Å². The van der Waals surface area contributed by atoms with Crippen LogP contribution in [0.15, 0.2) is 103 Å². The third-order valence-electron chi connectivity index (χ3n) is 5.68. The fourth-order valence-electron chi connectivity index (χ4n) is 4.01. The molecule has 0 saturated heterocycles. The highest BCUT2D eigenvalue weighted by Gasteiger charge is 2.14. The SMILES string of the molecule is COc1ccc(-n2cc(-c3cccs3)nc2-c2ccc(-n3ccc4cccnc43)cc2)cc1. The number of pyridine rings is 1. The molecule has 5 nitrogen and oxygen atoms in total. The van der Waals surface area contributed by atoms with Crippen LogP contribution in [0.3, 0.4) is 0 Å². The average molecular weight is 449 g/mol. The van der Waals surface area contributed by atoms with E-state index in [4.69, 9.17) is 9.72 Å². The van der Waals surface area contributed by atoms with Crippen molar-refractivity contribution in [2.45, 2.75) is 0 Å². The minimum absolute atomic E-state index is 0.829. The molecule has 0 saturated carbocycles. The van der Waals surface area contributed by atoms with Gasteiger partial charge < -0.3 is 9.30 Å². The summed E-state index contributed by atoms with van der Waals surface area (Å²) in [5.74, 6) is 1.72. The highest BCUT2D eigenvalue weighted by atomic mass is 32.1. The molecule has 0 bridgehead atoms. The predicted molar refractivity (Wildman–Crippen MR) is 133 cm³/mol. The van der Waals surface area contributed by atoms with Crippen molar-refractivity contribution in [1.29, 1.82) is 0 Å². The first-order valence-corrected chi connectivity index (χ1v) is 11.5. The summed E-state index contributed by atoms with van der Waals surface area (Å²) in [5, 5.41) is 3.20. The van der Waals surface area contributed by atoms with E-state index < -0.39 is 0 Å². The molecule has 0 spiro atoms. The van der Waals surface area contributed by atoms with Gasteiger partial charge in [-0.1, -0.05) is 6.07 Å². The van der Waals surface area contributed by atoms with Gasteiger partial charge in [0.2, 0.25) is 0 Å². The third-order valence-corrected chi connectivity index (χ3v) is 6.57. The lowest BCUT2D eigenvalue weighted by atomic mass is 10.2. The smallest absolute Gasteiger partial charge is 0.145 e. The van der Waals surface area contributed by atoms with Gasteiger partial charge in [-0.25, -0.2) is 9.97 Å². The van der Waals surface area contributed by atoms with Crippen molar-refractivity contribution in [3.8, 4) is 39.1 Å². The van der Waals surface area contributed by atoms with Crippen LogP contribution in [0.1, 0.15) is 0 Å². The molecule has 33 heavy (non-hydrogen) atoms. The highest BCUT2D eigenvalue weighted by Crippen LogP contribution is 2.31. The zero-order valence-electron chi connectivity index (χ0n) is 17.9. The second-order valence-corrected chi connectivity index (χ2v) is 8.59. The van der Waals surface area contributed by atoms with E-state index in [1.54, 1.807) is 18.4 Å². The number of hydrogen-bond donors (Lipinski definition) is 0. The minimum atomic E-state index is 0.829. The van der Waals surface area contributed by atoms with Crippen molar-refractivity contribution in [2.75, 3.05) is 7.11 Å². The Balaban J connectivity index is 1.44. The standard InChI is InChI=1S/C27H20N4OS/c1-32-23-12-10-22(11-13-23)31-18-24(25-5-3-17-33-25)29-27(31)20-6-8-21(9-7-20)30-16-14-19-4-2-15-28-26(19)30/h2-18H,1H3. The van der Waals surface area contributed by atoms with E-state index in [1.807, 2.05) is 36.5 Å². The van der Waals surface area contributed by atoms with Crippen LogP contribution in [0.2, 0.25) is 0 Å². The van der Waals surface area contributed by atoms with Crippen molar-refractivity contribution in [3.05, 3.63) is 103 Å². The Morgan fingerprint density at radius 2 is 1.61 bits per heavy atom. The second-order valence-electron chi connectivity index (χ2n) is 7.64. The molecule has 0 fully saturated rings. The molecule has 160 valence electrons. The van der Waals surface area contributed by atoms with Gasteiger partial charge in [0.25, 0.3) is 0 Å². The highest BCUT2D eigenvalue weighted by molar-refractivity contribution is 7.13. The monoisotopic (exact) mass is 448 g/mol. The quantitative estimate of drug-likeness (QED) is 0.298. The summed E-state index contributed by atoms with van der Waals surface area (Å²) in [7, 11) is 1.68. The molecule has 6 heteroatoms. The molecule has 6 aromatic rings. The lowest BCUT2D eigenvalue weighted by Gasteiger charge is -2.10. The van der Waals surface area contributed by atoms with Crippen molar-refractivity contribution in [1.82, 2.24) is 19.1 Å². The van der Waals surface area contributed by atoms with E-state index in [1.165, 1.54) is 0 Å². The lowest BCUT2D eigenvalue weighted by Crippen LogP contribution is -1.97. The number of fused-ring (bicyclic) bond motifs is 1. The van der Waals surface area contributed by atoms with Crippen LogP contribution >= 0.6 is 11.3 Å². The fourth-order valence-corrected chi connectivity index (χ4v) is 4.69. The first kappa shape index (κ1) is 19.5. The normalized spacial score (nSPS) is 11.2. The number of imidazole rings is 1. The number of thiophene rings is 1. The van der Waals surface area contributed by atoms with Gasteiger partial charge in [-0.3, -0.25) is 4.57 Å². The van der Waals surface area contributed by atoms with E-state index in [-0.39, 0.29) is 0 Å². The second kappa shape index (κ2) is 8.07. The molecule has 2 aromatic carbocycles. The molecule has 0 aliphatic heterocycles. The number of ether oxygens (including phenoxy) is 1. The van der Waals surface area contributed by atoms with Crippen LogP contribution in [0.4, 0.5) is 0 Å². The number of aromatic nitrogens is 4. The van der Waals surface area contributed by atoms with Gasteiger partial charge in [-0.05, 0) is 78.2 Å². The molecule has 0 atom stereocenters. The largest absolute Gasteiger partial charge is 0.497 e. The molecule has 4 aromatic heterocycles. The fraction of sp³-hybridized carbons (Fsp3) is 0.0370. The van der Waals surface area contributed by atoms with Gasteiger partial charge >= 0.3 is 0 Å². The van der Waals surface area contributed by atoms with Gasteiger partial charge in [0.1, 0.15) is 17.2 Å². The predicted octanol–water partition coefficient (Wildman–Crippen LogP) is 6.62. The maximum atomic E-state index is 5.33. The van der Waals surface area contributed by atoms with Gasteiger partial charge in [-0.2, -0.15) is 0 Å². The molecule has 0 aliphatic rings. The van der Waals surface area contributed by atoms with Crippen LogP contribution in [-0.4, -0.2) is 26.2 Å². The van der Waals surface area contributed by atoms with Crippen molar-refractivity contribution in [3.63, 3.8) is 0 Å². The van der Waals surface area contributed by atoms with Crippen LogP contribution in [0.25, 0.3) is 44.4 Å². The Morgan fingerprint density at radius 3 is 2.36 bits per heavy atom. The number of rotatable bonds is 5. The molecule has 0 amide bonds. The molecule has 0 unspecified atom stereocenters. The Morgan fingerprint density at radius 1 is 0.818 bits per heavy atom. The third kappa shape index (κ3) is 3.50. The van der Waals surface area contributed by atoms with Crippen LogP contribution in [0, 0.1) is 0 Å². The van der Waals surface area contributed by atoms with Crippen molar-refractivity contribution in [2.24, 2.45) is 0 Å². The first-order chi connectivity index (χ1) is 16.3. The molecule has 0 aliphatic carbocycles. The van der Waals surface area contributed by atoms with E-state index in [2.05, 4.69) is 80.4 Å². The maximum Gasteiger partial charge on any atom is 0.145 e. The van der Waals surface area contributed by atoms with Gasteiger partial charge in [0.05, 0.1) is 17.7 Å². The van der Waals surface area contributed by atoms with E-state index >= 15 is 0 Å². The lowest BCUT2D eigenvalue weighted by molar-refractivity contribution is 0.415. The minimum Gasteiger partial charge on any atom is -0.497 e. The zero-order chi connectivity index (χ0) is 22.2. The number of benzene rings is 2. The van der Waals surface area contributed by atoms with Crippen molar-refractivity contribution < 1.29 is 4.74 Å². The zero-order valence-corrected chi connectivity index (χ0v) is 18.7. The Hall–Kier alpha value is -4.16. The molecule has 4 heterocycles. The van der Waals surface area contributed by atoms with Crippen molar-refractivity contribution >= 4 is 22.4 Å². The Bertz CT molecular complexity index is 1530. The van der Waals surface area contributed by atoms with Crippen LogP contribution in [-0.2, 0) is 0 Å². The Kier molecular flexibility index (Phi) is 4.78. The van der Waals surface area contributed by atoms with Crippen LogP contribution in [0.5, 0.6) is 5.75 Å².